The number of nitrogens with one attached hydrogen (secondary N) is 1. The van der Waals surface area contributed by atoms with Gasteiger partial charge in [-0.05, 0) is 37.0 Å². The number of benzene rings is 1. The van der Waals surface area contributed by atoms with Crippen molar-refractivity contribution in [3.8, 4) is 0 Å². The van der Waals surface area contributed by atoms with Crippen molar-refractivity contribution in [2.24, 2.45) is 5.14 Å². The van der Waals surface area contributed by atoms with Crippen LogP contribution in [0.1, 0.15) is 31.0 Å². The smallest absolute Gasteiger partial charge is 0.238 e. The molecule has 1 fully saturated rings. The van der Waals surface area contributed by atoms with Crippen LogP contribution in [0.2, 0.25) is 0 Å². The van der Waals surface area contributed by atoms with Crippen molar-refractivity contribution in [3.63, 3.8) is 0 Å². The van der Waals surface area contributed by atoms with Crippen LogP contribution in [-0.2, 0) is 23.0 Å². The van der Waals surface area contributed by atoms with Crippen molar-refractivity contribution in [3.05, 3.63) is 41.6 Å². The average Bonchev–Trinajstić information content (AvgIpc) is 3.14. The quantitative estimate of drug-likeness (QED) is 0.815. The Morgan fingerprint density at radius 2 is 1.84 bits per heavy atom. The first kappa shape index (κ1) is 17.6. The molecule has 2 heterocycles. The summed E-state index contributed by atoms with van der Waals surface area (Å²) in [6.45, 7) is 4.62. The van der Waals surface area contributed by atoms with E-state index in [0.717, 1.165) is 42.5 Å². The lowest BCUT2D eigenvalue weighted by Crippen LogP contribution is -2.21. The number of rotatable bonds is 6. The normalized spacial score (nSPS) is 14.7. The van der Waals surface area contributed by atoms with Gasteiger partial charge in [0.25, 0.3) is 0 Å². The van der Waals surface area contributed by atoms with Crippen molar-refractivity contribution >= 4 is 21.8 Å². The second-order valence-corrected chi connectivity index (χ2v) is 7.70. The van der Waals surface area contributed by atoms with Crippen molar-refractivity contribution < 1.29 is 8.42 Å². The zero-order chi connectivity index (χ0) is 17.9. The van der Waals surface area contributed by atoms with Crippen molar-refractivity contribution in [1.82, 2.24) is 9.97 Å². The van der Waals surface area contributed by atoms with Crippen LogP contribution in [-0.4, -0.2) is 31.5 Å². The van der Waals surface area contributed by atoms with Crippen LogP contribution in [0, 0.1) is 0 Å². The Labute approximate surface area is 148 Å². The molecule has 0 amide bonds. The number of nitrogens with zero attached hydrogens (tertiary/aromatic N) is 3. The van der Waals surface area contributed by atoms with E-state index < -0.39 is 10.0 Å². The van der Waals surface area contributed by atoms with E-state index in [4.69, 9.17) is 5.14 Å². The Morgan fingerprint density at radius 1 is 1.16 bits per heavy atom. The molecule has 0 unspecified atom stereocenters. The summed E-state index contributed by atoms with van der Waals surface area (Å²) in [6, 6.07) is 8.48. The summed E-state index contributed by atoms with van der Waals surface area (Å²) in [4.78, 5) is 11.6. The molecule has 1 saturated heterocycles. The number of nitrogens with two attached hydrogens (primary N) is 1. The fourth-order valence-corrected chi connectivity index (χ4v) is 3.32. The Kier molecular flexibility index (Phi) is 5.19. The van der Waals surface area contributed by atoms with Gasteiger partial charge < -0.3 is 10.2 Å². The molecule has 134 valence electrons. The van der Waals surface area contributed by atoms with E-state index in [1.54, 1.807) is 12.1 Å². The molecule has 0 bridgehead atoms. The van der Waals surface area contributed by atoms with Crippen LogP contribution in [0.15, 0.2) is 35.2 Å². The van der Waals surface area contributed by atoms with Gasteiger partial charge in [0.1, 0.15) is 5.82 Å². The third kappa shape index (κ3) is 4.46. The Hall–Kier alpha value is -2.19. The first-order chi connectivity index (χ1) is 12.0. The number of anilines is 2. The third-order valence-corrected chi connectivity index (χ3v) is 5.17. The van der Waals surface area contributed by atoms with Crippen molar-refractivity contribution in [1.29, 1.82) is 0 Å². The topological polar surface area (TPSA) is 101 Å². The highest BCUT2D eigenvalue weighted by Gasteiger charge is 2.16. The Morgan fingerprint density at radius 3 is 2.44 bits per heavy atom. The van der Waals surface area contributed by atoms with Gasteiger partial charge >= 0.3 is 0 Å². The summed E-state index contributed by atoms with van der Waals surface area (Å²) in [5.41, 5.74) is 1.95. The average molecular weight is 361 g/mol. The number of aryl methyl sites for hydroxylation is 1. The Balaban J connectivity index is 1.73. The third-order valence-electron chi connectivity index (χ3n) is 4.24. The van der Waals surface area contributed by atoms with E-state index in [2.05, 4.69) is 27.1 Å². The number of hydrogen-bond donors (Lipinski definition) is 2. The molecule has 3 N–H and O–H groups in total. The van der Waals surface area contributed by atoms with E-state index in [1.165, 1.54) is 25.0 Å². The molecule has 1 aliphatic rings. The molecule has 7 nitrogen and oxygen atoms in total. The minimum Gasteiger partial charge on any atom is -0.366 e. The van der Waals surface area contributed by atoms with Gasteiger partial charge in [0.15, 0.2) is 0 Å². The monoisotopic (exact) mass is 361 g/mol. The maximum absolute atomic E-state index is 11.3. The SMILES string of the molecule is CCc1cc(NCc2ccc(S(N)(=O)=O)cc2)nc(N2CCCC2)n1. The minimum absolute atomic E-state index is 0.114. The zero-order valence-corrected chi connectivity index (χ0v) is 15.1. The van der Waals surface area contributed by atoms with Gasteiger partial charge in [-0.2, -0.15) is 4.98 Å². The molecular formula is C17H23N5O2S. The molecule has 0 aliphatic carbocycles. The highest BCUT2D eigenvalue weighted by Crippen LogP contribution is 2.19. The van der Waals surface area contributed by atoms with Crippen LogP contribution in [0.5, 0.6) is 0 Å². The number of aromatic nitrogens is 2. The van der Waals surface area contributed by atoms with Crippen LogP contribution < -0.4 is 15.4 Å². The van der Waals surface area contributed by atoms with E-state index >= 15 is 0 Å². The van der Waals surface area contributed by atoms with Crippen LogP contribution in [0.3, 0.4) is 0 Å². The predicted octanol–water partition coefficient (Wildman–Crippen LogP) is 1.90. The van der Waals surface area contributed by atoms with Crippen LogP contribution in [0.25, 0.3) is 0 Å². The standard InChI is InChI=1S/C17H23N5O2S/c1-2-14-11-16(21-17(20-14)22-9-3-4-10-22)19-12-13-5-7-15(8-6-13)25(18,23)24/h5-8,11H,2-4,9-10,12H2,1H3,(H2,18,23,24)(H,19,20,21). The minimum atomic E-state index is -3.66. The highest BCUT2D eigenvalue weighted by atomic mass is 32.2. The number of primary sulfonamides is 1. The van der Waals surface area contributed by atoms with Gasteiger partial charge in [0, 0.05) is 31.4 Å². The highest BCUT2D eigenvalue weighted by molar-refractivity contribution is 7.89. The van der Waals surface area contributed by atoms with Gasteiger partial charge in [0.2, 0.25) is 16.0 Å². The first-order valence-corrected chi connectivity index (χ1v) is 9.99. The second kappa shape index (κ2) is 7.37. The van der Waals surface area contributed by atoms with Gasteiger partial charge in [0.05, 0.1) is 4.90 Å². The van der Waals surface area contributed by atoms with Crippen LogP contribution in [0.4, 0.5) is 11.8 Å². The summed E-state index contributed by atoms with van der Waals surface area (Å²) < 4.78 is 22.6. The van der Waals surface area contributed by atoms with E-state index in [9.17, 15) is 8.42 Å². The van der Waals surface area contributed by atoms with Crippen LogP contribution >= 0.6 is 0 Å². The van der Waals surface area contributed by atoms with Gasteiger partial charge in [-0.3, -0.25) is 0 Å². The summed E-state index contributed by atoms with van der Waals surface area (Å²) in [6.07, 6.45) is 3.21. The van der Waals surface area contributed by atoms with E-state index in [1.807, 2.05) is 6.07 Å². The summed E-state index contributed by atoms with van der Waals surface area (Å²) in [7, 11) is -3.66. The maximum Gasteiger partial charge on any atom is 0.238 e. The largest absolute Gasteiger partial charge is 0.366 e. The molecular weight excluding hydrogens is 338 g/mol. The first-order valence-electron chi connectivity index (χ1n) is 8.44. The molecule has 3 rings (SSSR count). The lowest BCUT2D eigenvalue weighted by Gasteiger charge is -2.17. The molecule has 0 spiro atoms. The van der Waals surface area contributed by atoms with Crippen molar-refractivity contribution in [2.75, 3.05) is 23.3 Å². The number of hydrogen-bond acceptors (Lipinski definition) is 6. The lowest BCUT2D eigenvalue weighted by molar-refractivity contribution is 0.598. The fourth-order valence-electron chi connectivity index (χ4n) is 2.80. The molecule has 1 aliphatic heterocycles. The summed E-state index contributed by atoms with van der Waals surface area (Å²) in [5.74, 6) is 1.56. The predicted molar refractivity (Wildman–Crippen MR) is 98.0 cm³/mol. The maximum atomic E-state index is 11.3. The number of sulfonamides is 1. The summed E-state index contributed by atoms with van der Waals surface area (Å²) >= 11 is 0. The Bertz CT molecular complexity index is 831. The molecule has 0 radical (unpaired) electrons. The second-order valence-electron chi connectivity index (χ2n) is 6.13. The molecule has 25 heavy (non-hydrogen) atoms. The molecule has 0 atom stereocenters. The molecule has 8 heteroatoms. The molecule has 0 saturated carbocycles. The lowest BCUT2D eigenvalue weighted by atomic mass is 10.2. The van der Waals surface area contributed by atoms with Crippen molar-refractivity contribution in [2.45, 2.75) is 37.6 Å². The molecule has 1 aromatic heterocycles. The van der Waals surface area contributed by atoms with E-state index in [0.29, 0.717) is 6.54 Å². The summed E-state index contributed by atoms with van der Waals surface area (Å²) in [5, 5.41) is 8.41. The zero-order valence-electron chi connectivity index (χ0n) is 14.3. The molecule has 1 aromatic carbocycles. The van der Waals surface area contributed by atoms with E-state index in [-0.39, 0.29) is 4.90 Å². The fraction of sp³-hybridized carbons (Fsp3) is 0.412. The van der Waals surface area contributed by atoms with Gasteiger partial charge in [-0.1, -0.05) is 19.1 Å². The molecule has 2 aromatic rings. The van der Waals surface area contributed by atoms with Gasteiger partial charge in [-0.15, -0.1) is 0 Å². The van der Waals surface area contributed by atoms with Gasteiger partial charge in [-0.25, -0.2) is 18.5 Å².